The molecule has 1 aliphatic rings. The van der Waals surface area contributed by atoms with E-state index in [2.05, 4.69) is 6.92 Å². The van der Waals surface area contributed by atoms with Crippen LogP contribution in [-0.4, -0.2) is 45.8 Å². The first kappa shape index (κ1) is 20.4. The average Bonchev–Trinajstić information content (AvgIpc) is 2.88. The summed E-state index contributed by atoms with van der Waals surface area (Å²) in [5.74, 6) is 0.524. The summed E-state index contributed by atoms with van der Waals surface area (Å²) in [5.41, 5.74) is -0.461. The predicted octanol–water partition coefficient (Wildman–Crippen LogP) is 3.41. The quantitative estimate of drug-likeness (QED) is 0.349. The van der Waals surface area contributed by atoms with Gasteiger partial charge in [0.05, 0.1) is 18.1 Å². The maximum atomic E-state index is 12.0. The Balaban J connectivity index is 2.47. The fourth-order valence-corrected chi connectivity index (χ4v) is 2.75. The van der Waals surface area contributed by atoms with Gasteiger partial charge in [0.15, 0.2) is 0 Å². The zero-order valence-electron chi connectivity index (χ0n) is 15.4. The number of esters is 1. The van der Waals surface area contributed by atoms with Crippen molar-refractivity contribution in [2.45, 2.75) is 59.5 Å². The van der Waals surface area contributed by atoms with Gasteiger partial charge in [-0.2, -0.15) is 0 Å². The predicted molar refractivity (Wildman–Crippen MR) is 89.1 cm³/mol. The molecule has 0 N–H and O–H groups in total. The molecule has 0 radical (unpaired) electrons. The maximum absolute atomic E-state index is 12.0. The summed E-state index contributed by atoms with van der Waals surface area (Å²) in [6, 6.07) is 0. The molecular formula is C18H34O5. The standard InChI is InChI=1S/C18H34O5/c1-6-7-8-21-11-14-9-16(23-13-20-5)10-15(14)12-22-17(19)18(2,3)4/h14-16H,6-13H2,1-5H3/t14-,15-,16-/m1/s1. The van der Waals surface area contributed by atoms with Crippen LogP contribution >= 0.6 is 0 Å². The highest BCUT2D eigenvalue weighted by atomic mass is 16.7. The lowest BCUT2D eigenvalue weighted by molar-refractivity contribution is -0.155. The highest BCUT2D eigenvalue weighted by molar-refractivity contribution is 5.75. The summed E-state index contributed by atoms with van der Waals surface area (Å²) < 4.78 is 22.0. The van der Waals surface area contributed by atoms with Gasteiger partial charge in [0, 0.05) is 26.2 Å². The van der Waals surface area contributed by atoms with Crippen molar-refractivity contribution in [1.82, 2.24) is 0 Å². The minimum Gasteiger partial charge on any atom is -0.465 e. The van der Waals surface area contributed by atoms with E-state index < -0.39 is 5.41 Å². The monoisotopic (exact) mass is 330 g/mol. The zero-order chi connectivity index (χ0) is 17.3. The maximum Gasteiger partial charge on any atom is 0.311 e. The molecule has 1 fully saturated rings. The van der Waals surface area contributed by atoms with Crippen molar-refractivity contribution in [2.24, 2.45) is 17.3 Å². The fourth-order valence-electron chi connectivity index (χ4n) is 2.75. The average molecular weight is 330 g/mol. The third-order valence-electron chi connectivity index (χ3n) is 4.23. The molecule has 0 aromatic rings. The summed E-state index contributed by atoms with van der Waals surface area (Å²) in [6.45, 7) is 10.0. The number of unbranched alkanes of at least 4 members (excludes halogenated alkanes) is 1. The van der Waals surface area contributed by atoms with Crippen molar-refractivity contribution in [3.05, 3.63) is 0 Å². The molecule has 0 aromatic heterocycles. The van der Waals surface area contributed by atoms with Crippen LogP contribution in [0.25, 0.3) is 0 Å². The van der Waals surface area contributed by atoms with E-state index in [1.807, 2.05) is 20.8 Å². The molecule has 0 spiro atoms. The minimum atomic E-state index is -0.461. The van der Waals surface area contributed by atoms with Gasteiger partial charge < -0.3 is 18.9 Å². The number of hydrogen-bond donors (Lipinski definition) is 0. The Kier molecular flexibility index (Phi) is 9.10. The lowest BCUT2D eigenvalue weighted by Crippen LogP contribution is -2.27. The van der Waals surface area contributed by atoms with Gasteiger partial charge in [0.25, 0.3) is 0 Å². The topological polar surface area (TPSA) is 54.0 Å². The molecule has 5 heteroatoms. The first-order valence-electron chi connectivity index (χ1n) is 8.74. The molecule has 3 atom stereocenters. The largest absolute Gasteiger partial charge is 0.465 e. The van der Waals surface area contributed by atoms with Crippen LogP contribution < -0.4 is 0 Å². The van der Waals surface area contributed by atoms with Crippen LogP contribution in [0.4, 0.5) is 0 Å². The van der Waals surface area contributed by atoms with Gasteiger partial charge in [-0.25, -0.2) is 0 Å². The second kappa shape index (κ2) is 10.3. The normalized spacial score (nSPS) is 24.8. The van der Waals surface area contributed by atoms with E-state index >= 15 is 0 Å². The van der Waals surface area contributed by atoms with Gasteiger partial charge in [-0.1, -0.05) is 13.3 Å². The molecule has 1 aliphatic carbocycles. The SMILES string of the molecule is CCCCOC[C@H]1C[C@@H](OCOC)C[C@@H]1COC(=O)C(C)(C)C. The number of rotatable bonds is 10. The van der Waals surface area contributed by atoms with Gasteiger partial charge in [0.2, 0.25) is 0 Å². The molecule has 136 valence electrons. The Hall–Kier alpha value is -0.650. The Morgan fingerprint density at radius 1 is 1.13 bits per heavy atom. The molecule has 0 saturated heterocycles. The first-order valence-corrected chi connectivity index (χ1v) is 8.74. The summed E-state index contributed by atoms with van der Waals surface area (Å²) in [7, 11) is 1.63. The number of hydrogen-bond acceptors (Lipinski definition) is 5. The van der Waals surface area contributed by atoms with E-state index in [4.69, 9.17) is 18.9 Å². The molecular weight excluding hydrogens is 296 g/mol. The van der Waals surface area contributed by atoms with Gasteiger partial charge in [-0.3, -0.25) is 4.79 Å². The van der Waals surface area contributed by atoms with Crippen LogP contribution in [0.5, 0.6) is 0 Å². The van der Waals surface area contributed by atoms with E-state index in [0.717, 1.165) is 32.3 Å². The van der Waals surface area contributed by atoms with Gasteiger partial charge in [-0.05, 0) is 46.0 Å². The van der Waals surface area contributed by atoms with Crippen molar-refractivity contribution in [2.75, 3.05) is 33.7 Å². The summed E-state index contributed by atoms with van der Waals surface area (Å²) in [4.78, 5) is 12.0. The molecule has 0 heterocycles. The number of ether oxygens (including phenoxy) is 4. The van der Waals surface area contributed by atoms with E-state index in [9.17, 15) is 4.79 Å². The molecule has 1 saturated carbocycles. The summed E-state index contributed by atoms with van der Waals surface area (Å²) in [6.07, 6.45) is 4.21. The van der Waals surface area contributed by atoms with Crippen molar-refractivity contribution in [3.63, 3.8) is 0 Å². The van der Waals surface area contributed by atoms with Crippen molar-refractivity contribution < 1.29 is 23.7 Å². The van der Waals surface area contributed by atoms with Crippen LogP contribution in [0.3, 0.4) is 0 Å². The van der Waals surface area contributed by atoms with Crippen LogP contribution in [0.15, 0.2) is 0 Å². The third kappa shape index (κ3) is 7.64. The fraction of sp³-hybridized carbons (Fsp3) is 0.944. The van der Waals surface area contributed by atoms with Gasteiger partial charge in [-0.15, -0.1) is 0 Å². The summed E-state index contributed by atoms with van der Waals surface area (Å²) >= 11 is 0. The smallest absolute Gasteiger partial charge is 0.311 e. The molecule has 0 aromatic carbocycles. The Morgan fingerprint density at radius 2 is 1.78 bits per heavy atom. The zero-order valence-corrected chi connectivity index (χ0v) is 15.4. The Morgan fingerprint density at radius 3 is 2.35 bits per heavy atom. The first-order chi connectivity index (χ1) is 10.9. The Labute approximate surface area is 141 Å². The molecule has 1 rings (SSSR count). The molecule has 0 amide bonds. The number of carbonyl (C=O) groups is 1. The number of carbonyl (C=O) groups excluding carboxylic acids is 1. The molecule has 23 heavy (non-hydrogen) atoms. The van der Waals surface area contributed by atoms with Crippen molar-refractivity contribution >= 4 is 5.97 Å². The highest BCUT2D eigenvalue weighted by Crippen LogP contribution is 2.35. The Bertz CT molecular complexity index is 337. The van der Waals surface area contributed by atoms with Crippen LogP contribution in [-0.2, 0) is 23.7 Å². The molecule has 0 unspecified atom stereocenters. The van der Waals surface area contributed by atoms with E-state index in [-0.39, 0.29) is 12.1 Å². The van der Waals surface area contributed by atoms with E-state index in [0.29, 0.717) is 31.8 Å². The van der Waals surface area contributed by atoms with Gasteiger partial charge >= 0.3 is 5.97 Å². The summed E-state index contributed by atoms with van der Waals surface area (Å²) in [5, 5.41) is 0. The van der Waals surface area contributed by atoms with Gasteiger partial charge in [0.1, 0.15) is 6.79 Å². The number of methoxy groups -OCH3 is 1. The molecule has 0 aliphatic heterocycles. The minimum absolute atomic E-state index is 0.149. The second-order valence-electron chi connectivity index (χ2n) is 7.46. The third-order valence-corrected chi connectivity index (χ3v) is 4.23. The van der Waals surface area contributed by atoms with Crippen molar-refractivity contribution in [3.8, 4) is 0 Å². The highest BCUT2D eigenvalue weighted by Gasteiger charge is 2.36. The lowest BCUT2D eigenvalue weighted by atomic mass is 9.96. The lowest BCUT2D eigenvalue weighted by Gasteiger charge is -2.22. The van der Waals surface area contributed by atoms with Crippen LogP contribution in [0.2, 0.25) is 0 Å². The van der Waals surface area contributed by atoms with Crippen molar-refractivity contribution in [1.29, 1.82) is 0 Å². The van der Waals surface area contributed by atoms with Crippen LogP contribution in [0.1, 0.15) is 53.4 Å². The van der Waals surface area contributed by atoms with E-state index in [1.165, 1.54) is 0 Å². The van der Waals surface area contributed by atoms with E-state index in [1.54, 1.807) is 7.11 Å². The molecule has 0 bridgehead atoms. The molecule has 5 nitrogen and oxygen atoms in total. The van der Waals surface area contributed by atoms with Crippen LogP contribution in [0, 0.1) is 17.3 Å². The second-order valence-corrected chi connectivity index (χ2v) is 7.46.